The molecule has 1 heterocycles. The number of hydrogen-bond donors (Lipinski definition) is 1. The van der Waals surface area contributed by atoms with E-state index in [0.717, 1.165) is 23.4 Å². The van der Waals surface area contributed by atoms with Gasteiger partial charge in [-0.1, -0.05) is 18.2 Å². The van der Waals surface area contributed by atoms with Gasteiger partial charge in [0.2, 0.25) is 0 Å². The second kappa shape index (κ2) is 8.44. The van der Waals surface area contributed by atoms with Crippen molar-refractivity contribution in [3.63, 3.8) is 0 Å². The van der Waals surface area contributed by atoms with Crippen molar-refractivity contribution in [2.45, 2.75) is 19.3 Å². The number of aromatic nitrogens is 1. The van der Waals surface area contributed by atoms with E-state index in [1.807, 2.05) is 36.4 Å². The molecule has 28 heavy (non-hydrogen) atoms. The van der Waals surface area contributed by atoms with Crippen LogP contribution in [0.3, 0.4) is 0 Å². The minimum atomic E-state index is -4.58. The third kappa shape index (κ3) is 5.01. The lowest BCUT2D eigenvalue weighted by Crippen LogP contribution is -2.09. The van der Waals surface area contributed by atoms with Gasteiger partial charge in [-0.05, 0) is 48.0 Å². The average Bonchev–Trinajstić information content (AvgIpc) is 2.71. The standard InChI is InChI=1S/C21H16F3N3O/c22-21(23,24)20-11-17(8-7-16(20)12-25)27-13-15-4-3-6-19(10-15)28-14-18-5-1-2-9-26-18/h1-11,27H,13-14H2. The molecule has 0 saturated heterocycles. The zero-order valence-corrected chi connectivity index (χ0v) is 14.7. The molecule has 0 amide bonds. The van der Waals surface area contributed by atoms with Gasteiger partial charge >= 0.3 is 6.18 Å². The van der Waals surface area contributed by atoms with Crippen LogP contribution in [0.15, 0.2) is 66.9 Å². The molecule has 0 aliphatic heterocycles. The predicted molar refractivity (Wildman–Crippen MR) is 98.5 cm³/mol. The third-order valence-corrected chi connectivity index (χ3v) is 3.95. The number of nitrogens with zero attached hydrogens (tertiary/aromatic N) is 2. The fourth-order valence-electron chi connectivity index (χ4n) is 2.58. The quantitative estimate of drug-likeness (QED) is 0.639. The Morgan fingerprint density at radius 1 is 1.04 bits per heavy atom. The van der Waals surface area contributed by atoms with Gasteiger partial charge in [0, 0.05) is 18.4 Å². The molecule has 0 saturated carbocycles. The molecule has 3 aromatic rings. The van der Waals surface area contributed by atoms with Gasteiger partial charge in [0.25, 0.3) is 0 Å². The van der Waals surface area contributed by atoms with Crippen LogP contribution in [0.25, 0.3) is 0 Å². The lowest BCUT2D eigenvalue weighted by molar-refractivity contribution is -0.137. The normalized spacial score (nSPS) is 10.9. The molecule has 7 heteroatoms. The highest BCUT2D eigenvalue weighted by Crippen LogP contribution is 2.33. The Balaban J connectivity index is 1.66. The van der Waals surface area contributed by atoms with Crippen molar-refractivity contribution in [1.29, 1.82) is 5.26 Å². The summed E-state index contributed by atoms with van der Waals surface area (Å²) in [6.45, 7) is 0.631. The van der Waals surface area contributed by atoms with Crippen molar-refractivity contribution in [3.05, 3.63) is 89.2 Å². The van der Waals surface area contributed by atoms with Gasteiger partial charge in [0.1, 0.15) is 12.4 Å². The summed E-state index contributed by atoms with van der Waals surface area (Å²) in [6, 6.07) is 17.9. The Morgan fingerprint density at radius 2 is 1.89 bits per heavy atom. The highest BCUT2D eigenvalue weighted by Gasteiger charge is 2.33. The minimum absolute atomic E-state index is 0.283. The van der Waals surface area contributed by atoms with Crippen molar-refractivity contribution in [2.75, 3.05) is 5.32 Å². The van der Waals surface area contributed by atoms with Crippen LogP contribution >= 0.6 is 0 Å². The molecular formula is C21H16F3N3O. The summed E-state index contributed by atoms with van der Waals surface area (Å²) in [7, 11) is 0. The van der Waals surface area contributed by atoms with Crippen LogP contribution in [-0.4, -0.2) is 4.98 Å². The maximum absolute atomic E-state index is 13.1. The maximum atomic E-state index is 13.1. The van der Waals surface area contributed by atoms with E-state index >= 15 is 0 Å². The number of halogens is 3. The highest BCUT2D eigenvalue weighted by molar-refractivity contribution is 5.53. The summed E-state index contributed by atoms with van der Waals surface area (Å²) in [5.74, 6) is 0.640. The molecule has 1 N–H and O–H groups in total. The molecule has 4 nitrogen and oxygen atoms in total. The van der Waals surface area contributed by atoms with E-state index in [9.17, 15) is 13.2 Å². The Kier molecular flexibility index (Phi) is 5.80. The van der Waals surface area contributed by atoms with E-state index in [1.165, 1.54) is 6.07 Å². The van der Waals surface area contributed by atoms with Crippen molar-refractivity contribution in [3.8, 4) is 11.8 Å². The number of ether oxygens (including phenoxy) is 1. The van der Waals surface area contributed by atoms with E-state index in [0.29, 0.717) is 18.9 Å². The number of hydrogen-bond acceptors (Lipinski definition) is 4. The van der Waals surface area contributed by atoms with Crippen LogP contribution in [-0.2, 0) is 19.3 Å². The van der Waals surface area contributed by atoms with E-state index < -0.39 is 17.3 Å². The van der Waals surface area contributed by atoms with Gasteiger partial charge in [-0.25, -0.2) is 0 Å². The first-order valence-corrected chi connectivity index (χ1v) is 8.42. The first-order chi connectivity index (χ1) is 13.5. The monoisotopic (exact) mass is 383 g/mol. The summed E-state index contributed by atoms with van der Waals surface area (Å²) in [5, 5.41) is 11.8. The zero-order chi connectivity index (χ0) is 20.0. The van der Waals surface area contributed by atoms with Crippen molar-refractivity contribution >= 4 is 5.69 Å². The van der Waals surface area contributed by atoms with E-state index in [1.54, 1.807) is 18.3 Å². The van der Waals surface area contributed by atoms with Crippen molar-refractivity contribution < 1.29 is 17.9 Å². The molecular weight excluding hydrogens is 367 g/mol. The maximum Gasteiger partial charge on any atom is 0.417 e. The molecule has 0 spiro atoms. The Labute approximate surface area is 160 Å². The van der Waals surface area contributed by atoms with Gasteiger partial charge in [0.05, 0.1) is 22.9 Å². The van der Waals surface area contributed by atoms with Crippen LogP contribution in [0.4, 0.5) is 18.9 Å². The van der Waals surface area contributed by atoms with E-state index in [4.69, 9.17) is 10.00 Å². The summed E-state index contributed by atoms with van der Waals surface area (Å²) in [5.41, 5.74) is 0.571. The lowest BCUT2D eigenvalue weighted by atomic mass is 10.1. The van der Waals surface area contributed by atoms with Gasteiger partial charge < -0.3 is 10.1 Å². The number of pyridine rings is 1. The molecule has 0 aliphatic carbocycles. The van der Waals surface area contributed by atoms with Crippen LogP contribution in [0.1, 0.15) is 22.4 Å². The second-order valence-electron chi connectivity index (χ2n) is 5.98. The largest absolute Gasteiger partial charge is 0.487 e. The minimum Gasteiger partial charge on any atom is -0.487 e. The summed E-state index contributed by atoms with van der Waals surface area (Å²) >= 11 is 0. The van der Waals surface area contributed by atoms with Crippen LogP contribution in [0.5, 0.6) is 5.75 Å². The summed E-state index contributed by atoms with van der Waals surface area (Å²) in [4.78, 5) is 4.18. The Morgan fingerprint density at radius 3 is 2.61 bits per heavy atom. The number of benzene rings is 2. The molecule has 0 unspecified atom stereocenters. The van der Waals surface area contributed by atoms with Crippen molar-refractivity contribution in [2.24, 2.45) is 0 Å². The van der Waals surface area contributed by atoms with Gasteiger partial charge in [-0.15, -0.1) is 0 Å². The average molecular weight is 383 g/mol. The Bertz CT molecular complexity index is 982. The van der Waals surface area contributed by atoms with Crippen LogP contribution in [0.2, 0.25) is 0 Å². The summed E-state index contributed by atoms with van der Waals surface area (Å²) in [6.07, 6.45) is -2.90. The summed E-state index contributed by atoms with van der Waals surface area (Å²) < 4.78 is 44.9. The van der Waals surface area contributed by atoms with Gasteiger partial charge in [-0.2, -0.15) is 18.4 Å². The van der Waals surface area contributed by atoms with E-state index in [2.05, 4.69) is 10.3 Å². The second-order valence-corrected chi connectivity index (χ2v) is 5.98. The third-order valence-electron chi connectivity index (χ3n) is 3.95. The fraction of sp³-hybridized carbons (Fsp3) is 0.143. The highest BCUT2D eigenvalue weighted by atomic mass is 19.4. The van der Waals surface area contributed by atoms with Crippen molar-refractivity contribution in [1.82, 2.24) is 4.98 Å². The number of alkyl halides is 3. The fourth-order valence-corrected chi connectivity index (χ4v) is 2.58. The molecule has 1 aromatic heterocycles. The molecule has 0 fully saturated rings. The zero-order valence-electron chi connectivity index (χ0n) is 14.7. The molecule has 0 aliphatic rings. The number of nitriles is 1. The molecule has 142 valence electrons. The number of anilines is 1. The molecule has 0 atom stereocenters. The first kappa shape index (κ1) is 19.2. The molecule has 2 aromatic carbocycles. The first-order valence-electron chi connectivity index (χ1n) is 8.42. The lowest BCUT2D eigenvalue weighted by Gasteiger charge is -2.13. The molecule has 0 radical (unpaired) electrons. The topological polar surface area (TPSA) is 57.9 Å². The van der Waals surface area contributed by atoms with Crippen LogP contribution in [0, 0.1) is 11.3 Å². The SMILES string of the molecule is N#Cc1ccc(NCc2cccc(OCc3ccccn3)c2)cc1C(F)(F)F. The van der Waals surface area contributed by atoms with Gasteiger partial charge in [-0.3, -0.25) is 4.98 Å². The number of rotatable bonds is 6. The van der Waals surface area contributed by atoms with E-state index in [-0.39, 0.29) is 5.69 Å². The smallest absolute Gasteiger partial charge is 0.417 e. The molecule has 3 rings (SSSR count). The predicted octanol–water partition coefficient (Wildman–Crippen LogP) is 5.16. The van der Waals surface area contributed by atoms with Gasteiger partial charge in [0.15, 0.2) is 0 Å². The Hall–Kier alpha value is -3.53. The number of nitrogens with one attached hydrogen (secondary N) is 1. The molecule has 0 bridgehead atoms. The van der Waals surface area contributed by atoms with Crippen LogP contribution < -0.4 is 10.1 Å².